The minimum atomic E-state index is -4.41. The fourth-order valence-electron chi connectivity index (χ4n) is 1.67. The van der Waals surface area contributed by atoms with E-state index in [0.29, 0.717) is 12.2 Å². The Morgan fingerprint density at radius 1 is 1.25 bits per heavy atom. The predicted octanol–water partition coefficient (Wildman–Crippen LogP) is 1.48. The van der Waals surface area contributed by atoms with Crippen molar-refractivity contribution < 1.29 is 31.2 Å². The first-order valence-electron chi connectivity index (χ1n) is 7.17. The molecule has 0 saturated carbocycles. The quantitative estimate of drug-likeness (QED) is 0.241. The van der Waals surface area contributed by atoms with E-state index in [9.17, 15) is 17.8 Å². The van der Waals surface area contributed by atoms with E-state index in [0.717, 1.165) is 24.7 Å². The zero-order chi connectivity index (χ0) is 18.8. The van der Waals surface area contributed by atoms with Crippen molar-refractivity contribution >= 4 is 16.4 Å². The maximum absolute atomic E-state index is 11.3. The molecule has 0 radical (unpaired) electrons. The first-order chi connectivity index (χ1) is 11.0. The van der Waals surface area contributed by atoms with E-state index in [1.54, 1.807) is 6.92 Å². The second-order valence-corrected chi connectivity index (χ2v) is 6.94. The number of carbonyl (C=O) groups is 1. The number of rotatable bonds is 7. The Morgan fingerprint density at radius 2 is 1.75 bits per heavy atom. The van der Waals surface area contributed by atoms with Gasteiger partial charge in [-0.25, -0.2) is 13.2 Å². The van der Waals surface area contributed by atoms with Crippen molar-refractivity contribution in [2.75, 3.05) is 34.4 Å². The third kappa shape index (κ3) is 11.8. The van der Waals surface area contributed by atoms with Gasteiger partial charge in [-0.1, -0.05) is 36.9 Å². The summed E-state index contributed by atoms with van der Waals surface area (Å²) in [7, 11) is 0.649. The van der Waals surface area contributed by atoms with Crippen molar-refractivity contribution in [1.82, 2.24) is 0 Å². The van der Waals surface area contributed by atoms with Crippen LogP contribution in [0.1, 0.15) is 12.5 Å². The molecular formula is C16H25NO6S. The van der Waals surface area contributed by atoms with E-state index in [4.69, 9.17) is 4.74 Å². The Morgan fingerprint density at radius 3 is 2.17 bits per heavy atom. The van der Waals surface area contributed by atoms with E-state index in [-0.39, 0.29) is 5.97 Å². The summed E-state index contributed by atoms with van der Waals surface area (Å²) in [5, 5.41) is 0. The van der Waals surface area contributed by atoms with Gasteiger partial charge in [-0.2, -0.15) is 0 Å². The third-order valence-corrected chi connectivity index (χ3v) is 3.34. The van der Waals surface area contributed by atoms with Gasteiger partial charge >= 0.3 is 5.97 Å². The molecular weight excluding hydrogens is 334 g/mol. The normalized spacial score (nSPS) is 11.2. The fourth-order valence-corrected chi connectivity index (χ4v) is 1.67. The highest BCUT2D eigenvalue weighted by molar-refractivity contribution is 7.80. The monoisotopic (exact) mass is 359 g/mol. The Balaban J connectivity index is 0.000000754. The molecule has 0 bridgehead atoms. The van der Waals surface area contributed by atoms with Crippen LogP contribution >= 0.6 is 0 Å². The zero-order valence-corrected chi connectivity index (χ0v) is 15.3. The molecule has 1 aromatic carbocycles. The third-order valence-electron chi connectivity index (χ3n) is 2.94. The predicted molar refractivity (Wildman–Crippen MR) is 89.6 cm³/mol. The van der Waals surface area contributed by atoms with Gasteiger partial charge in [0.1, 0.15) is 19.7 Å². The summed E-state index contributed by atoms with van der Waals surface area (Å²) in [5.74, 6) is -0.310. The average molecular weight is 359 g/mol. The molecule has 0 aromatic heterocycles. The average Bonchev–Trinajstić information content (AvgIpc) is 2.47. The number of hydrogen-bond acceptors (Lipinski definition) is 6. The molecule has 8 heteroatoms. The lowest BCUT2D eigenvalue weighted by Gasteiger charge is -2.29. The number of ether oxygens (including phenoxy) is 1. The lowest BCUT2D eigenvalue weighted by Crippen LogP contribution is -2.41. The molecule has 0 N–H and O–H groups in total. The largest absolute Gasteiger partial charge is 0.726 e. The van der Waals surface area contributed by atoms with Crippen molar-refractivity contribution in [3.63, 3.8) is 0 Å². The van der Waals surface area contributed by atoms with Crippen molar-refractivity contribution in [1.29, 1.82) is 0 Å². The van der Waals surface area contributed by atoms with Gasteiger partial charge in [0, 0.05) is 11.1 Å². The van der Waals surface area contributed by atoms with E-state index in [2.05, 4.69) is 37.0 Å². The van der Waals surface area contributed by atoms with Crippen LogP contribution in [-0.4, -0.2) is 57.8 Å². The molecule has 0 unspecified atom stereocenters. The smallest absolute Gasteiger partial charge is 0.333 e. The Hall–Kier alpha value is -1.74. The van der Waals surface area contributed by atoms with Crippen LogP contribution in [-0.2, 0) is 30.7 Å². The molecule has 1 aromatic rings. The highest BCUT2D eigenvalue weighted by Gasteiger charge is 2.16. The van der Waals surface area contributed by atoms with Gasteiger partial charge in [-0.15, -0.1) is 0 Å². The molecule has 0 heterocycles. The second-order valence-electron chi connectivity index (χ2n) is 5.79. The van der Waals surface area contributed by atoms with E-state index in [1.165, 1.54) is 5.56 Å². The van der Waals surface area contributed by atoms with Crippen LogP contribution < -0.4 is 0 Å². The molecule has 1 rings (SSSR count). The molecule has 0 aliphatic heterocycles. The van der Waals surface area contributed by atoms with Gasteiger partial charge in [0.2, 0.25) is 10.4 Å². The van der Waals surface area contributed by atoms with Gasteiger partial charge < -0.3 is 13.8 Å². The minimum absolute atomic E-state index is 0.310. The first kappa shape index (κ1) is 22.3. The van der Waals surface area contributed by atoms with Gasteiger partial charge in [0.25, 0.3) is 0 Å². The zero-order valence-electron chi connectivity index (χ0n) is 14.5. The van der Waals surface area contributed by atoms with E-state index < -0.39 is 10.4 Å². The Bertz CT molecular complexity index is 625. The molecule has 0 amide bonds. The van der Waals surface area contributed by atoms with Crippen LogP contribution in [0.3, 0.4) is 0 Å². The maximum atomic E-state index is 11.3. The van der Waals surface area contributed by atoms with Gasteiger partial charge in [0.15, 0.2) is 0 Å². The highest BCUT2D eigenvalue weighted by Crippen LogP contribution is 2.08. The number of hydrogen-bond donors (Lipinski definition) is 0. The number of likely N-dealkylation sites (N-methyl/N-ethyl adjacent to an activating group) is 1. The topological polar surface area (TPSA) is 92.7 Å². The maximum Gasteiger partial charge on any atom is 0.333 e. The number of carbonyl (C=O) groups excluding carboxylic acids is 1. The van der Waals surface area contributed by atoms with Crippen LogP contribution in [0.4, 0.5) is 0 Å². The van der Waals surface area contributed by atoms with E-state index in [1.807, 2.05) is 18.2 Å². The summed E-state index contributed by atoms with van der Waals surface area (Å²) in [4.78, 5) is 11.3. The van der Waals surface area contributed by atoms with Crippen molar-refractivity contribution in [3.8, 4) is 0 Å². The van der Waals surface area contributed by atoms with Gasteiger partial charge in [-0.3, -0.25) is 4.18 Å². The summed E-state index contributed by atoms with van der Waals surface area (Å²) < 4.78 is 36.9. The van der Waals surface area contributed by atoms with Crippen molar-refractivity contribution in [2.24, 2.45) is 0 Å². The molecule has 24 heavy (non-hydrogen) atoms. The standard InChI is InChI=1S/C15H22NO2.CH4O4S/c1-13(2)15(17)18-11-10-16(3,4)12-14-8-6-5-7-9-14;1-5-6(2,3)4/h5-9H,1,10-12H2,2-4H3;1H3,(H,2,3,4)/q+1;/p-1. The van der Waals surface area contributed by atoms with Gasteiger partial charge in [-0.05, 0) is 6.92 Å². The SMILES string of the molecule is C=C(C)C(=O)OCC[N+](C)(C)Cc1ccccc1.COS(=O)(=O)[O-]. The summed E-state index contributed by atoms with van der Waals surface area (Å²) >= 11 is 0. The fraction of sp³-hybridized carbons (Fsp3) is 0.438. The van der Waals surface area contributed by atoms with Crippen molar-refractivity contribution in [2.45, 2.75) is 13.5 Å². The number of nitrogens with zero attached hydrogens (tertiary/aromatic N) is 1. The van der Waals surface area contributed by atoms with Crippen LogP contribution in [0.5, 0.6) is 0 Å². The van der Waals surface area contributed by atoms with E-state index >= 15 is 0 Å². The summed E-state index contributed by atoms with van der Waals surface area (Å²) in [6.45, 7) is 7.35. The first-order valence-corrected chi connectivity index (χ1v) is 8.50. The summed E-state index contributed by atoms with van der Waals surface area (Å²) in [5.41, 5.74) is 1.73. The summed E-state index contributed by atoms with van der Waals surface area (Å²) in [6.07, 6.45) is 0. The lowest BCUT2D eigenvalue weighted by molar-refractivity contribution is -0.903. The minimum Gasteiger partial charge on any atom is -0.726 e. The van der Waals surface area contributed by atoms with Crippen molar-refractivity contribution in [3.05, 3.63) is 48.0 Å². The van der Waals surface area contributed by atoms with Crippen LogP contribution in [0.15, 0.2) is 42.5 Å². The highest BCUT2D eigenvalue weighted by atomic mass is 32.3. The molecule has 0 saturated heterocycles. The van der Waals surface area contributed by atoms with Crippen LogP contribution in [0, 0.1) is 0 Å². The molecule has 136 valence electrons. The molecule has 0 aliphatic carbocycles. The molecule has 7 nitrogen and oxygen atoms in total. The molecule has 0 spiro atoms. The number of benzene rings is 1. The lowest BCUT2D eigenvalue weighted by atomic mass is 10.2. The molecule has 0 aliphatic rings. The summed E-state index contributed by atoms with van der Waals surface area (Å²) in [6, 6.07) is 10.3. The van der Waals surface area contributed by atoms with Gasteiger partial charge in [0.05, 0.1) is 21.2 Å². The van der Waals surface area contributed by atoms with Crippen LogP contribution in [0.2, 0.25) is 0 Å². The Kier molecular flexibility index (Phi) is 9.45. The van der Waals surface area contributed by atoms with Crippen LogP contribution in [0.25, 0.3) is 0 Å². The molecule has 0 fully saturated rings. The second kappa shape index (κ2) is 10.2. The molecule has 0 atom stereocenters. The Labute approximate surface area is 144 Å². The number of esters is 1. The number of quaternary nitrogens is 1.